The Bertz CT molecular complexity index is 1840. The van der Waals surface area contributed by atoms with Gasteiger partial charge in [-0.3, -0.25) is 0 Å². The molecule has 3 aromatic rings. The summed E-state index contributed by atoms with van der Waals surface area (Å²) in [5, 5.41) is 0. The van der Waals surface area contributed by atoms with E-state index in [0.717, 1.165) is 53.3 Å². The van der Waals surface area contributed by atoms with Crippen molar-refractivity contribution < 1.29 is 0 Å². The summed E-state index contributed by atoms with van der Waals surface area (Å²) in [6.45, 7) is 0. The first-order chi connectivity index (χ1) is 36.2. The first kappa shape index (κ1) is 51.9. The second kappa shape index (κ2) is 25.3. The fraction of sp³-hybridized carbons (Fsp3) is 0.750. The van der Waals surface area contributed by atoms with Crippen LogP contribution in [-0.2, 0) is 0 Å². The molecule has 0 unspecified atom stereocenters. The molecule has 0 radical (unpaired) electrons. The quantitative estimate of drug-likeness (QED) is 0.159. The summed E-state index contributed by atoms with van der Waals surface area (Å²) in [5.74, 6) is 6.93. The summed E-state index contributed by atoms with van der Waals surface area (Å²) in [5.41, 5.74) is 17.6. The molecule has 0 aromatic heterocycles. The Morgan fingerprint density at radius 3 is 0.466 bits per heavy atom. The first-order valence-electron chi connectivity index (χ1n) is 33.8. The maximum atomic E-state index is 3.10. The Kier molecular flexibility index (Phi) is 18.0. The second-order valence-electron chi connectivity index (χ2n) is 27.8. The normalized spacial score (nSPS) is 25.6. The molecule has 9 fully saturated rings. The predicted octanol–water partition coefficient (Wildman–Crippen LogP) is 20.1. The Hall–Kier alpha value is -1.78. The van der Waals surface area contributed by atoms with Crippen LogP contribution >= 0.6 is 0 Å². The Balaban J connectivity index is 1.22. The van der Waals surface area contributed by atoms with Crippen molar-refractivity contribution in [1.82, 2.24) is 0 Å². The molecule has 1 heteroatoms. The molecular formula is C72H107As. The van der Waals surface area contributed by atoms with E-state index in [4.69, 9.17) is 0 Å². The van der Waals surface area contributed by atoms with Crippen molar-refractivity contribution in [3.63, 3.8) is 0 Å². The van der Waals surface area contributed by atoms with Gasteiger partial charge in [-0.15, -0.1) is 0 Å². The van der Waals surface area contributed by atoms with Gasteiger partial charge in [0.1, 0.15) is 0 Å². The van der Waals surface area contributed by atoms with Crippen LogP contribution in [0, 0.1) is 0 Å². The Morgan fingerprint density at radius 2 is 0.315 bits per heavy atom. The summed E-state index contributed by atoms with van der Waals surface area (Å²) in [6.07, 6.45) is 65.6. The van der Waals surface area contributed by atoms with Crippen LogP contribution in [0.4, 0.5) is 0 Å². The number of benzene rings is 3. The van der Waals surface area contributed by atoms with Gasteiger partial charge >= 0.3 is 456 Å². The molecule has 9 aliphatic carbocycles. The molecule has 3 aromatic carbocycles. The van der Waals surface area contributed by atoms with Gasteiger partial charge in [-0.25, -0.2) is 0 Å². The maximum absolute atomic E-state index is 3.10. The third-order valence-electron chi connectivity index (χ3n) is 23.2. The Morgan fingerprint density at radius 1 is 0.178 bits per heavy atom. The van der Waals surface area contributed by atoms with Crippen LogP contribution < -0.4 is 13.1 Å². The van der Waals surface area contributed by atoms with Crippen molar-refractivity contribution in [2.45, 2.75) is 342 Å². The summed E-state index contributed by atoms with van der Waals surface area (Å²) >= 11 is -3.05. The molecule has 0 bridgehead atoms. The average Bonchev–Trinajstić information content (AvgIpc) is 3.49. The van der Waals surface area contributed by atoms with Crippen LogP contribution in [0.5, 0.6) is 0 Å². The van der Waals surface area contributed by atoms with Gasteiger partial charge in [0.2, 0.25) is 0 Å². The fourth-order valence-electron chi connectivity index (χ4n) is 19.1. The van der Waals surface area contributed by atoms with Crippen molar-refractivity contribution in [2.24, 2.45) is 0 Å². The van der Waals surface area contributed by atoms with Gasteiger partial charge in [0.15, 0.2) is 0 Å². The van der Waals surface area contributed by atoms with Crippen LogP contribution in [0.2, 0.25) is 0 Å². The monoisotopic (exact) mass is 1050 g/mol. The molecule has 0 aliphatic heterocycles. The zero-order valence-corrected chi connectivity index (χ0v) is 49.5. The van der Waals surface area contributed by atoms with Gasteiger partial charge in [0.25, 0.3) is 0 Å². The molecule has 12 rings (SSSR count). The molecule has 0 saturated heterocycles. The van der Waals surface area contributed by atoms with Gasteiger partial charge in [0, 0.05) is 0 Å². The number of hydrogen-bond donors (Lipinski definition) is 0. The minimum atomic E-state index is -3.05. The third kappa shape index (κ3) is 11.8. The number of hydrogen-bond acceptors (Lipinski definition) is 0. The van der Waals surface area contributed by atoms with E-state index in [-0.39, 0.29) is 0 Å². The van der Waals surface area contributed by atoms with Gasteiger partial charge < -0.3 is 0 Å². The van der Waals surface area contributed by atoms with E-state index in [9.17, 15) is 0 Å². The molecule has 9 saturated carbocycles. The van der Waals surface area contributed by atoms with Crippen LogP contribution in [0.25, 0.3) is 0 Å². The van der Waals surface area contributed by atoms with Crippen LogP contribution in [-0.4, -0.2) is 14.7 Å². The van der Waals surface area contributed by atoms with Gasteiger partial charge in [-0.2, -0.15) is 0 Å². The van der Waals surface area contributed by atoms with Crippen molar-refractivity contribution in [3.8, 4) is 0 Å². The molecular weight excluding hydrogens is 940 g/mol. The van der Waals surface area contributed by atoms with Crippen LogP contribution in [0.15, 0.2) is 36.4 Å². The Labute approximate surface area is 453 Å². The van der Waals surface area contributed by atoms with E-state index in [1.807, 2.05) is 50.1 Å². The topological polar surface area (TPSA) is 0 Å². The average molecular weight is 1050 g/mol. The summed E-state index contributed by atoms with van der Waals surface area (Å²) in [4.78, 5) is 0. The SMILES string of the molecule is c1c(C2CCCCC2)cc(C2CCCCC2)c([AsH2](c2c(C3CCCCC3)cc(C3CCCCC3)cc2C2CCCCC2)c2c(C3CCCCC3)cc(C3CCCCC3)cc2C2CCCCC2)c1C1CCCCC1. The molecule has 0 amide bonds. The molecule has 400 valence electrons. The van der Waals surface area contributed by atoms with E-state index in [2.05, 4.69) is 49.5 Å². The number of rotatable bonds is 12. The fourth-order valence-corrected chi connectivity index (χ4v) is 29.2. The summed E-state index contributed by atoms with van der Waals surface area (Å²) in [7, 11) is 0. The first-order valence-corrected chi connectivity index (χ1v) is 37.4. The second-order valence-corrected chi connectivity index (χ2v) is 33.2. The molecule has 0 atom stereocenters. The molecule has 0 N–H and O–H groups in total. The summed E-state index contributed by atoms with van der Waals surface area (Å²) in [6, 6.07) is 18.6. The molecule has 73 heavy (non-hydrogen) atoms. The van der Waals surface area contributed by atoms with E-state index in [1.54, 1.807) is 0 Å². The van der Waals surface area contributed by atoms with Crippen molar-refractivity contribution in [2.75, 3.05) is 0 Å². The van der Waals surface area contributed by atoms with E-state index in [1.165, 1.54) is 289 Å². The predicted molar refractivity (Wildman–Crippen MR) is 319 cm³/mol. The zero-order valence-electron chi connectivity index (χ0n) is 47.1. The standard InChI is InChI=1S/C72H107As/c1-10-28-52(29-11-1)61-46-64(55-34-16-4-17-35-55)70(65(47-61)56-36-18-5-19-37-56)73(71-66(57-38-20-6-21-39-57)48-62(53-30-12-2-13-31-53)49-67(71)58-40-22-7-23-41-58)72-68(59-42-24-8-25-43-59)50-63(54-32-14-3-15-33-54)51-69(72)60-44-26-9-27-45-60/h46-60H,1-45,73H2. The van der Waals surface area contributed by atoms with Crippen LogP contribution in [0.3, 0.4) is 0 Å². The third-order valence-corrected chi connectivity index (χ3v) is 31.0. The van der Waals surface area contributed by atoms with Gasteiger partial charge in [-0.05, 0) is 0 Å². The summed E-state index contributed by atoms with van der Waals surface area (Å²) < 4.78 is 6.47. The van der Waals surface area contributed by atoms with Crippen molar-refractivity contribution in [1.29, 1.82) is 0 Å². The van der Waals surface area contributed by atoms with Gasteiger partial charge in [0.05, 0.1) is 0 Å². The van der Waals surface area contributed by atoms with E-state index < -0.39 is 14.7 Å². The van der Waals surface area contributed by atoms with Crippen LogP contribution in [0.1, 0.15) is 392 Å². The molecule has 0 nitrogen and oxygen atoms in total. The molecule has 0 spiro atoms. The van der Waals surface area contributed by atoms with Crippen molar-refractivity contribution in [3.05, 3.63) is 86.5 Å². The minimum absolute atomic E-state index is 0.762. The van der Waals surface area contributed by atoms with E-state index >= 15 is 0 Å². The van der Waals surface area contributed by atoms with Crippen molar-refractivity contribution >= 4 is 27.7 Å². The van der Waals surface area contributed by atoms with E-state index in [0.29, 0.717) is 0 Å². The van der Waals surface area contributed by atoms with Gasteiger partial charge in [-0.1, -0.05) is 0 Å². The molecule has 0 heterocycles. The zero-order chi connectivity index (χ0) is 48.8. The molecule has 9 aliphatic rings.